The quantitative estimate of drug-likeness (QED) is 0.668. The molecule has 0 radical (unpaired) electrons. The molecule has 1 amide bonds. The van der Waals surface area contributed by atoms with Gasteiger partial charge in [-0.3, -0.25) is 4.79 Å². The first-order valence-corrected chi connectivity index (χ1v) is 4.67. The summed E-state index contributed by atoms with van der Waals surface area (Å²) in [6.07, 6.45) is -4.50. The van der Waals surface area contributed by atoms with E-state index in [9.17, 15) is 18.0 Å². The molecule has 1 saturated heterocycles. The van der Waals surface area contributed by atoms with Gasteiger partial charge < -0.3 is 4.90 Å². The standard InChI is InChI=1S/C9H9F3N2O/c10-9(11,12)8(1-2-8)14-5-6(4-13)3-7(14)15/h6H,1-3,5H2. The summed E-state index contributed by atoms with van der Waals surface area (Å²) in [4.78, 5) is 12.2. The SMILES string of the molecule is N#CC1CC(=O)N(C2(C(F)(F)F)CC2)C1. The normalized spacial score (nSPS) is 29.1. The van der Waals surface area contributed by atoms with Gasteiger partial charge in [0.05, 0.1) is 12.0 Å². The summed E-state index contributed by atoms with van der Waals surface area (Å²) in [7, 11) is 0. The molecule has 1 unspecified atom stereocenters. The predicted octanol–water partition coefficient (Wildman–Crippen LogP) is 1.45. The Bertz CT molecular complexity index is 340. The Balaban J connectivity index is 2.20. The Hall–Kier alpha value is -1.25. The van der Waals surface area contributed by atoms with Crippen LogP contribution in [-0.4, -0.2) is 29.1 Å². The van der Waals surface area contributed by atoms with Crippen LogP contribution < -0.4 is 0 Å². The van der Waals surface area contributed by atoms with E-state index in [0.29, 0.717) is 0 Å². The largest absolute Gasteiger partial charge is 0.411 e. The topological polar surface area (TPSA) is 44.1 Å². The summed E-state index contributed by atoms with van der Waals surface area (Å²) in [5.41, 5.74) is -1.95. The van der Waals surface area contributed by atoms with E-state index in [4.69, 9.17) is 5.26 Å². The second-order valence-electron chi connectivity index (χ2n) is 4.06. The van der Waals surface area contributed by atoms with Crippen LogP contribution in [0, 0.1) is 17.2 Å². The Morgan fingerprint density at radius 3 is 2.40 bits per heavy atom. The highest BCUT2D eigenvalue weighted by Gasteiger charge is 2.69. The van der Waals surface area contributed by atoms with Crippen LogP contribution >= 0.6 is 0 Å². The van der Waals surface area contributed by atoms with Gasteiger partial charge in [0.1, 0.15) is 5.54 Å². The van der Waals surface area contributed by atoms with Gasteiger partial charge in [0.25, 0.3) is 0 Å². The van der Waals surface area contributed by atoms with E-state index in [2.05, 4.69) is 0 Å². The zero-order valence-corrected chi connectivity index (χ0v) is 7.84. The first-order valence-electron chi connectivity index (χ1n) is 4.67. The molecular weight excluding hydrogens is 209 g/mol. The molecule has 0 aromatic carbocycles. The molecule has 1 heterocycles. The highest BCUT2D eigenvalue weighted by molar-refractivity contribution is 5.80. The van der Waals surface area contributed by atoms with Gasteiger partial charge in [0.15, 0.2) is 0 Å². The monoisotopic (exact) mass is 218 g/mol. The lowest BCUT2D eigenvalue weighted by atomic mass is 10.1. The average Bonchev–Trinajstić information content (AvgIpc) is 2.85. The summed E-state index contributed by atoms with van der Waals surface area (Å²) >= 11 is 0. The van der Waals surface area contributed by atoms with Crippen molar-refractivity contribution in [1.82, 2.24) is 4.90 Å². The number of carbonyl (C=O) groups is 1. The second-order valence-corrected chi connectivity index (χ2v) is 4.06. The third kappa shape index (κ3) is 1.37. The van der Waals surface area contributed by atoms with Crippen molar-refractivity contribution in [2.45, 2.75) is 31.0 Å². The molecule has 1 atom stereocenters. The Morgan fingerprint density at radius 1 is 1.47 bits per heavy atom. The maximum absolute atomic E-state index is 12.7. The van der Waals surface area contributed by atoms with Gasteiger partial charge in [-0.2, -0.15) is 18.4 Å². The molecule has 0 spiro atoms. The molecule has 2 fully saturated rings. The number of halogens is 3. The lowest BCUT2D eigenvalue weighted by molar-refractivity contribution is -0.197. The van der Waals surface area contributed by atoms with Gasteiger partial charge in [-0.05, 0) is 12.8 Å². The molecule has 0 N–H and O–H groups in total. The van der Waals surface area contributed by atoms with Gasteiger partial charge in [0, 0.05) is 13.0 Å². The van der Waals surface area contributed by atoms with Crippen LogP contribution in [0.15, 0.2) is 0 Å². The van der Waals surface area contributed by atoms with Crippen molar-refractivity contribution < 1.29 is 18.0 Å². The van der Waals surface area contributed by atoms with Crippen LogP contribution in [0.4, 0.5) is 13.2 Å². The van der Waals surface area contributed by atoms with Crippen LogP contribution in [0.3, 0.4) is 0 Å². The fraction of sp³-hybridized carbons (Fsp3) is 0.778. The van der Waals surface area contributed by atoms with Crippen molar-refractivity contribution >= 4 is 5.91 Å². The van der Waals surface area contributed by atoms with Crippen LogP contribution in [0.5, 0.6) is 0 Å². The first-order chi connectivity index (χ1) is 6.90. The molecule has 1 saturated carbocycles. The second kappa shape index (κ2) is 2.87. The minimum Gasteiger partial charge on any atom is -0.327 e. The maximum Gasteiger partial charge on any atom is 0.411 e. The number of carbonyl (C=O) groups excluding carboxylic acids is 1. The summed E-state index contributed by atoms with van der Waals surface area (Å²) in [5.74, 6) is -1.13. The maximum atomic E-state index is 12.7. The molecule has 0 aromatic heterocycles. The minimum atomic E-state index is -4.37. The molecule has 6 heteroatoms. The van der Waals surface area contributed by atoms with Crippen LogP contribution in [-0.2, 0) is 4.79 Å². The highest BCUT2D eigenvalue weighted by Crippen LogP contribution is 2.55. The number of hydrogen-bond donors (Lipinski definition) is 0. The smallest absolute Gasteiger partial charge is 0.327 e. The van der Waals surface area contributed by atoms with Gasteiger partial charge in [-0.1, -0.05) is 0 Å². The number of nitrogens with zero attached hydrogens (tertiary/aromatic N) is 2. The number of alkyl halides is 3. The van der Waals surface area contributed by atoms with Gasteiger partial charge in [-0.15, -0.1) is 0 Å². The number of nitriles is 1. The molecule has 0 aromatic rings. The Labute approximate surface area is 84.5 Å². The molecule has 82 valence electrons. The van der Waals surface area contributed by atoms with E-state index in [1.54, 1.807) is 0 Å². The van der Waals surface area contributed by atoms with Crippen molar-refractivity contribution in [3.63, 3.8) is 0 Å². The fourth-order valence-corrected chi connectivity index (χ4v) is 2.03. The Morgan fingerprint density at radius 2 is 2.07 bits per heavy atom. The molecule has 1 aliphatic heterocycles. The fourth-order valence-electron chi connectivity index (χ4n) is 2.03. The van der Waals surface area contributed by atoms with Gasteiger partial charge in [-0.25, -0.2) is 0 Å². The van der Waals surface area contributed by atoms with Crippen molar-refractivity contribution in [2.75, 3.05) is 6.54 Å². The zero-order valence-electron chi connectivity index (χ0n) is 7.84. The summed E-state index contributed by atoms with van der Waals surface area (Å²) in [6.45, 7) is -0.0746. The van der Waals surface area contributed by atoms with Crippen molar-refractivity contribution in [2.24, 2.45) is 5.92 Å². The predicted molar refractivity (Wildman–Crippen MR) is 43.5 cm³/mol. The lowest BCUT2D eigenvalue weighted by Gasteiger charge is -2.29. The van der Waals surface area contributed by atoms with Crippen molar-refractivity contribution in [3.8, 4) is 6.07 Å². The van der Waals surface area contributed by atoms with E-state index in [1.807, 2.05) is 6.07 Å². The number of rotatable bonds is 1. The summed E-state index contributed by atoms with van der Waals surface area (Å²) in [6, 6.07) is 1.85. The number of amides is 1. The van der Waals surface area contributed by atoms with Gasteiger partial charge in [0.2, 0.25) is 5.91 Å². The molecule has 0 bridgehead atoms. The van der Waals surface area contributed by atoms with E-state index in [-0.39, 0.29) is 25.8 Å². The third-order valence-corrected chi connectivity index (χ3v) is 3.08. The van der Waals surface area contributed by atoms with E-state index >= 15 is 0 Å². The average molecular weight is 218 g/mol. The van der Waals surface area contributed by atoms with Crippen LogP contribution in [0.1, 0.15) is 19.3 Å². The molecule has 2 aliphatic rings. The van der Waals surface area contributed by atoms with Crippen molar-refractivity contribution in [1.29, 1.82) is 5.26 Å². The third-order valence-electron chi connectivity index (χ3n) is 3.08. The minimum absolute atomic E-state index is 0.0274. The molecule has 15 heavy (non-hydrogen) atoms. The van der Waals surface area contributed by atoms with E-state index in [0.717, 1.165) is 4.90 Å². The number of likely N-dealkylation sites (tertiary alicyclic amines) is 1. The van der Waals surface area contributed by atoms with Crippen LogP contribution in [0.2, 0.25) is 0 Å². The molecule has 1 aliphatic carbocycles. The lowest BCUT2D eigenvalue weighted by Crippen LogP contribution is -2.49. The van der Waals surface area contributed by atoms with Gasteiger partial charge >= 0.3 is 6.18 Å². The summed E-state index contributed by atoms with van der Waals surface area (Å²) in [5, 5.41) is 8.58. The highest BCUT2D eigenvalue weighted by atomic mass is 19.4. The molecule has 2 rings (SSSR count). The Kier molecular flexibility index (Phi) is 1.97. The zero-order chi connectivity index (χ0) is 11.3. The first kappa shape index (κ1) is 10.3. The van der Waals surface area contributed by atoms with Crippen molar-refractivity contribution in [3.05, 3.63) is 0 Å². The van der Waals surface area contributed by atoms with E-state index in [1.165, 1.54) is 0 Å². The van der Waals surface area contributed by atoms with E-state index < -0.39 is 23.5 Å². The molecule has 3 nitrogen and oxygen atoms in total. The van der Waals surface area contributed by atoms with Crippen LogP contribution in [0.25, 0.3) is 0 Å². The number of hydrogen-bond acceptors (Lipinski definition) is 2. The molecular formula is C9H9F3N2O. The summed E-state index contributed by atoms with van der Waals surface area (Å²) < 4.78 is 38.0.